The SMILES string of the molecule is N[C@H]1CC[C@H](CNc2nc(NCc3ccc(F)c(C(F)(F)F)c3)ncc2[N+](=O)[O-])CC1. The summed E-state index contributed by atoms with van der Waals surface area (Å²) >= 11 is 0. The molecule has 0 aliphatic heterocycles. The molecule has 8 nitrogen and oxygen atoms in total. The molecule has 4 N–H and O–H groups in total. The molecule has 1 saturated carbocycles. The smallest absolute Gasteiger partial charge is 0.364 e. The Morgan fingerprint density at radius 2 is 1.90 bits per heavy atom. The molecule has 0 bridgehead atoms. The fourth-order valence-corrected chi connectivity index (χ4v) is 3.44. The van der Waals surface area contributed by atoms with Crippen molar-refractivity contribution < 1.29 is 22.5 Å². The van der Waals surface area contributed by atoms with Crippen LogP contribution in [0.5, 0.6) is 0 Å². The maximum absolute atomic E-state index is 13.4. The Bertz CT molecular complexity index is 932. The number of nitrogens with one attached hydrogen (secondary N) is 2. The highest BCUT2D eigenvalue weighted by molar-refractivity contribution is 5.57. The number of anilines is 2. The number of aromatic nitrogens is 2. The van der Waals surface area contributed by atoms with Crippen molar-refractivity contribution in [3.8, 4) is 0 Å². The van der Waals surface area contributed by atoms with Crippen LogP contribution in [0.1, 0.15) is 36.8 Å². The van der Waals surface area contributed by atoms with E-state index in [4.69, 9.17) is 5.73 Å². The standard InChI is InChI=1S/C19H22F4N6O2/c20-15-6-3-12(7-14(15)19(21,22)23)9-26-18-27-10-16(29(30)31)17(28-18)25-8-11-1-4-13(24)5-2-11/h3,6-7,10-11,13H,1-2,4-5,8-9,24H2,(H2,25,26,27,28)/t11-,13-. The fraction of sp³-hybridized carbons (Fsp3) is 0.474. The van der Waals surface area contributed by atoms with E-state index in [0.717, 1.165) is 37.9 Å². The molecule has 0 radical (unpaired) electrons. The van der Waals surface area contributed by atoms with Crippen molar-refractivity contribution in [3.05, 3.63) is 51.5 Å². The Morgan fingerprint density at radius 1 is 1.19 bits per heavy atom. The molecule has 168 valence electrons. The zero-order chi connectivity index (χ0) is 22.6. The molecule has 0 unspecified atom stereocenters. The minimum atomic E-state index is -4.82. The van der Waals surface area contributed by atoms with Crippen LogP contribution in [-0.4, -0.2) is 27.5 Å². The molecule has 1 heterocycles. The molecule has 0 amide bonds. The zero-order valence-electron chi connectivity index (χ0n) is 16.5. The minimum Gasteiger partial charge on any atom is -0.364 e. The van der Waals surface area contributed by atoms with Crippen LogP contribution in [0.15, 0.2) is 24.4 Å². The Labute approximate surface area is 175 Å². The summed E-state index contributed by atoms with van der Waals surface area (Å²) in [4.78, 5) is 18.6. The molecule has 1 aromatic heterocycles. The quantitative estimate of drug-likeness (QED) is 0.336. The van der Waals surface area contributed by atoms with Gasteiger partial charge in [-0.15, -0.1) is 0 Å². The van der Waals surface area contributed by atoms with Gasteiger partial charge in [0.15, 0.2) is 0 Å². The molecule has 31 heavy (non-hydrogen) atoms. The molecule has 0 spiro atoms. The third kappa shape index (κ3) is 6.00. The fourth-order valence-electron chi connectivity index (χ4n) is 3.44. The van der Waals surface area contributed by atoms with Gasteiger partial charge in [-0.25, -0.2) is 9.37 Å². The molecular weight excluding hydrogens is 420 g/mol. The summed E-state index contributed by atoms with van der Waals surface area (Å²) in [7, 11) is 0. The van der Waals surface area contributed by atoms with Gasteiger partial charge in [-0.2, -0.15) is 18.2 Å². The monoisotopic (exact) mass is 442 g/mol. The lowest BCUT2D eigenvalue weighted by Gasteiger charge is -2.26. The van der Waals surface area contributed by atoms with Gasteiger partial charge in [-0.05, 0) is 49.3 Å². The summed E-state index contributed by atoms with van der Waals surface area (Å²) in [5, 5.41) is 17.0. The van der Waals surface area contributed by atoms with E-state index >= 15 is 0 Å². The second-order valence-electron chi connectivity index (χ2n) is 7.51. The van der Waals surface area contributed by atoms with E-state index in [9.17, 15) is 27.7 Å². The summed E-state index contributed by atoms with van der Waals surface area (Å²) in [6, 6.07) is 2.82. The summed E-state index contributed by atoms with van der Waals surface area (Å²) in [5.74, 6) is -1.03. The Balaban J connectivity index is 1.69. The number of nitrogens with zero attached hydrogens (tertiary/aromatic N) is 3. The van der Waals surface area contributed by atoms with Crippen LogP contribution in [0, 0.1) is 21.8 Å². The number of halogens is 4. The van der Waals surface area contributed by atoms with Crippen LogP contribution < -0.4 is 16.4 Å². The van der Waals surface area contributed by atoms with E-state index in [1.165, 1.54) is 6.07 Å². The largest absolute Gasteiger partial charge is 0.419 e. The third-order valence-electron chi connectivity index (χ3n) is 5.20. The van der Waals surface area contributed by atoms with E-state index in [-0.39, 0.29) is 35.6 Å². The van der Waals surface area contributed by atoms with Crippen molar-refractivity contribution in [3.63, 3.8) is 0 Å². The first kappa shape index (κ1) is 22.7. The normalized spacial score (nSPS) is 19.1. The molecular formula is C19H22F4N6O2. The molecule has 0 saturated heterocycles. The topological polar surface area (TPSA) is 119 Å². The lowest BCUT2D eigenvalue weighted by Crippen LogP contribution is -2.29. The second-order valence-corrected chi connectivity index (χ2v) is 7.51. The van der Waals surface area contributed by atoms with E-state index in [1.807, 2.05) is 0 Å². The number of hydrogen-bond acceptors (Lipinski definition) is 7. The highest BCUT2D eigenvalue weighted by Gasteiger charge is 2.34. The number of hydrogen-bond donors (Lipinski definition) is 3. The maximum Gasteiger partial charge on any atom is 0.419 e. The molecule has 2 aromatic rings. The van der Waals surface area contributed by atoms with Crippen molar-refractivity contribution >= 4 is 17.5 Å². The number of nitrogens with two attached hydrogens (primary N) is 1. The van der Waals surface area contributed by atoms with Gasteiger partial charge < -0.3 is 16.4 Å². The highest BCUT2D eigenvalue weighted by Crippen LogP contribution is 2.32. The van der Waals surface area contributed by atoms with Gasteiger partial charge in [0.1, 0.15) is 12.0 Å². The van der Waals surface area contributed by atoms with Gasteiger partial charge in [-0.1, -0.05) is 6.07 Å². The van der Waals surface area contributed by atoms with Gasteiger partial charge in [0.05, 0.1) is 10.5 Å². The Morgan fingerprint density at radius 3 is 2.55 bits per heavy atom. The van der Waals surface area contributed by atoms with E-state index < -0.39 is 22.5 Å². The van der Waals surface area contributed by atoms with Crippen LogP contribution in [0.25, 0.3) is 0 Å². The number of rotatable bonds is 7. The van der Waals surface area contributed by atoms with Crippen LogP contribution >= 0.6 is 0 Å². The molecule has 1 fully saturated rings. The second kappa shape index (κ2) is 9.41. The molecule has 12 heteroatoms. The number of alkyl halides is 3. The van der Waals surface area contributed by atoms with Crippen molar-refractivity contribution in [2.45, 2.75) is 44.4 Å². The van der Waals surface area contributed by atoms with Crippen molar-refractivity contribution in [1.29, 1.82) is 0 Å². The predicted molar refractivity (Wildman–Crippen MR) is 106 cm³/mol. The molecule has 3 rings (SSSR count). The lowest BCUT2D eigenvalue weighted by molar-refractivity contribution is -0.384. The molecule has 1 aromatic carbocycles. The first-order chi connectivity index (χ1) is 14.6. The first-order valence-electron chi connectivity index (χ1n) is 9.74. The average Bonchev–Trinajstić information content (AvgIpc) is 2.71. The summed E-state index contributed by atoms with van der Waals surface area (Å²) in [5.41, 5.74) is 4.37. The summed E-state index contributed by atoms with van der Waals surface area (Å²) in [6.45, 7) is 0.359. The van der Waals surface area contributed by atoms with E-state index in [2.05, 4.69) is 20.6 Å². The average molecular weight is 442 g/mol. The van der Waals surface area contributed by atoms with Crippen molar-refractivity contribution in [2.24, 2.45) is 11.7 Å². The predicted octanol–water partition coefficient (Wildman–Crippen LogP) is 4.08. The Kier molecular flexibility index (Phi) is 6.88. The van der Waals surface area contributed by atoms with Crippen LogP contribution in [0.4, 0.5) is 35.0 Å². The number of nitro groups is 1. The van der Waals surface area contributed by atoms with Gasteiger partial charge in [0.25, 0.3) is 0 Å². The zero-order valence-corrected chi connectivity index (χ0v) is 16.5. The van der Waals surface area contributed by atoms with Gasteiger partial charge >= 0.3 is 11.9 Å². The van der Waals surface area contributed by atoms with Crippen LogP contribution in [0.3, 0.4) is 0 Å². The molecule has 0 atom stereocenters. The summed E-state index contributed by atoms with van der Waals surface area (Å²) < 4.78 is 52.0. The van der Waals surface area contributed by atoms with Gasteiger partial charge in [-0.3, -0.25) is 10.1 Å². The van der Waals surface area contributed by atoms with Gasteiger partial charge in [0.2, 0.25) is 11.8 Å². The minimum absolute atomic E-state index is 0.00310. The highest BCUT2D eigenvalue weighted by atomic mass is 19.4. The van der Waals surface area contributed by atoms with Crippen molar-refractivity contribution in [2.75, 3.05) is 17.2 Å². The third-order valence-corrected chi connectivity index (χ3v) is 5.20. The lowest BCUT2D eigenvalue weighted by atomic mass is 9.86. The number of benzene rings is 1. The molecule has 1 aliphatic rings. The van der Waals surface area contributed by atoms with Gasteiger partial charge in [0, 0.05) is 19.1 Å². The van der Waals surface area contributed by atoms with E-state index in [0.29, 0.717) is 18.5 Å². The van der Waals surface area contributed by atoms with Crippen LogP contribution in [-0.2, 0) is 12.7 Å². The first-order valence-corrected chi connectivity index (χ1v) is 9.74. The van der Waals surface area contributed by atoms with Crippen molar-refractivity contribution in [1.82, 2.24) is 9.97 Å². The Hall–Kier alpha value is -3.02. The van der Waals surface area contributed by atoms with E-state index in [1.54, 1.807) is 0 Å². The maximum atomic E-state index is 13.4. The molecule has 1 aliphatic carbocycles. The van der Waals surface area contributed by atoms with Crippen LogP contribution in [0.2, 0.25) is 0 Å². The summed E-state index contributed by atoms with van der Waals surface area (Å²) in [6.07, 6.45) is -0.190.